The first kappa shape index (κ1) is 11.1. The van der Waals surface area contributed by atoms with Gasteiger partial charge in [0.1, 0.15) is 0 Å². The van der Waals surface area contributed by atoms with Gasteiger partial charge in [0.2, 0.25) is 12.2 Å². The lowest BCUT2D eigenvalue weighted by molar-refractivity contribution is -0.121. The lowest BCUT2D eigenvalue weighted by Gasteiger charge is -2.12. The molecule has 0 saturated heterocycles. The molecule has 0 saturated carbocycles. The Kier molecular flexibility index (Phi) is 5.34. The minimum atomic E-state index is -0.433. The number of hydrogen-bond donors (Lipinski definition) is 1. The van der Waals surface area contributed by atoms with E-state index in [1.165, 1.54) is 0 Å². The van der Waals surface area contributed by atoms with Crippen molar-refractivity contribution in [3.05, 3.63) is 0 Å². The first-order valence-electron chi connectivity index (χ1n) is 4.27. The predicted octanol–water partition coefficient (Wildman–Crippen LogP) is 1.04. The highest BCUT2D eigenvalue weighted by Gasteiger charge is 2.12. The van der Waals surface area contributed by atoms with Gasteiger partial charge in [-0.3, -0.25) is 9.59 Å². The zero-order valence-corrected chi connectivity index (χ0v) is 7.89. The molecule has 12 heavy (non-hydrogen) atoms. The SMILES string of the molecule is CCC(=O)N[C@H]([C]=O)CC(C)C. The Labute approximate surface area is 73.5 Å². The van der Waals surface area contributed by atoms with Crippen LogP contribution in [0.1, 0.15) is 33.6 Å². The van der Waals surface area contributed by atoms with E-state index in [-0.39, 0.29) is 5.91 Å². The van der Waals surface area contributed by atoms with Crippen LogP contribution in [-0.2, 0) is 9.59 Å². The van der Waals surface area contributed by atoms with Gasteiger partial charge in [-0.15, -0.1) is 0 Å². The molecule has 0 fully saturated rings. The number of carbonyl (C=O) groups excluding carboxylic acids is 2. The van der Waals surface area contributed by atoms with Gasteiger partial charge in [0, 0.05) is 6.42 Å². The fourth-order valence-corrected chi connectivity index (χ4v) is 0.904. The van der Waals surface area contributed by atoms with Crippen molar-refractivity contribution in [2.24, 2.45) is 5.92 Å². The largest absolute Gasteiger partial charge is 0.346 e. The van der Waals surface area contributed by atoms with E-state index >= 15 is 0 Å². The molecule has 0 aliphatic heterocycles. The summed E-state index contributed by atoms with van der Waals surface area (Å²) in [6.07, 6.45) is 2.89. The molecular weight excluding hydrogens is 154 g/mol. The van der Waals surface area contributed by atoms with Crippen molar-refractivity contribution in [2.45, 2.75) is 39.7 Å². The summed E-state index contributed by atoms with van der Waals surface area (Å²) < 4.78 is 0. The van der Waals surface area contributed by atoms with Crippen molar-refractivity contribution in [3.8, 4) is 0 Å². The highest BCUT2D eigenvalue weighted by molar-refractivity contribution is 5.79. The van der Waals surface area contributed by atoms with Crippen molar-refractivity contribution in [1.29, 1.82) is 0 Å². The molecule has 0 aliphatic rings. The summed E-state index contributed by atoms with van der Waals surface area (Å²) in [7, 11) is 0. The molecule has 3 nitrogen and oxygen atoms in total. The number of nitrogens with one attached hydrogen (secondary N) is 1. The summed E-state index contributed by atoms with van der Waals surface area (Å²) >= 11 is 0. The first-order chi connectivity index (χ1) is 5.60. The van der Waals surface area contributed by atoms with Crippen molar-refractivity contribution in [2.75, 3.05) is 0 Å². The minimum absolute atomic E-state index is 0.0935. The summed E-state index contributed by atoms with van der Waals surface area (Å²) in [4.78, 5) is 21.2. The molecule has 1 radical (unpaired) electrons. The Morgan fingerprint density at radius 3 is 2.42 bits per heavy atom. The lowest BCUT2D eigenvalue weighted by Crippen LogP contribution is -2.36. The van der Waals surface area contributed by atoms with Gasteiger partial charge in [-0.2, -0.15) is 0 Å². The van der Waals surface area contributed by atoms with Gasteiger partial charge >= 0.3 is 0 Å². The maximum Gasteiger partial charge on any atom is 0.222 e. The van der Waals surface area contributed by atoms with E-state index in [9.17, 15) is 9.59 Å². The Bertz CT molecular complexity index is 155. The highest BCUT2D eigenvalue weighted by Crippen LogP contribution is 2.02. The van der Waals surface area contributed by atoms with E-state index in [2.05, 4.69) is 5.32 Å². The Balaban J connectivity index is 3.82. The maximum absolute atomic E-state index is 10.9. The molecular formula is C9H16NO2. The summed E-state index contributed by atoms with van der Waals surface area (Å²) in [6.45, 7) is 5.76. The van der Waals surface area contributed by atoms with E-state index in [0.717, 1.165) is 0 Å². The van der Waals surface area contributed by atoms with Crippen LogP contribution in [0.3, 0.4) is 0 Å². The van der Waals surface area contributed by atoms with Gasteiger partial charge in [0.15, 0.2) is 0 Å². The fourth-order valence-electron chi connectivity index (χ4n) is 0.904. The molecule has 0 unspecified atom stereocenters. The van der Waals surface area contributed by atoms with Gasteiger partial charge < -0.3 is 5.32 Å². The van der Waals surface area contributed by atoms with Crippen LogP contribution < -0.4 is 5.32 Å². The van der Waals surface area contributed by atoms with Crippen molar-refractivity contribution in [1.82, 2.24) is 5.32 Å². The maximum atomic E-state index is 10.9. The molecule has 0 aromatic carbocycles. The number of hydrogen-bond acceptors (Lipinski definition) is 2. The number of amides is 1. The lowest BCUT2D eigenvalue weighted by atomic mass is 10.0. The molecule has 0 spiro atoms. The highest BCUT2D eigenvalue weighted by atomic mass is 16.2. The van der Waals surface area contributed by atoms with Crippen LogP contribution in [0.2, 0.25) is 0 Å². The van der Waals surface area contributed by atoms with Crippen LogP contribution in [-0.4, -0.2) is 18.2 Å². The Morgan fingerprint density at radius 2 is 2.08 bits per heavy atom. The minimum Gasteiger partial charge on any atom is -0.346 e. The summed E-state index contributed by atoms with van der Waals surface area (Å²) in [5, 5.41) is 2.59. The molecule has 0 aliphatic carbocycles. The zero-order chi connectivity index (χ0) is 9.56. The molecule has 0 aromatic rings. The molecule has 69 valence electrons. The third-order valence-electron chi connectivity index (χ3n) is 1.51. The average Bonchev–Trinajstić information content (AvgIpc) is 2.02. The van der Waals surface area contributed by atoms with E-state index < -0.39 is 6.04 Å². The van der Waals surface area contributed by atoms with Crippen molar-refractivity contribution in [3.63, 3.8) is 0 Å². The second-order valence-electron chi connectivity index (χ2n) is 3.22. The third kappa shape index (κ3) is 4.88. The van der Waals surface area contributed by atoms with E-state index in [4.69, 9.17) is 0 Å². The van der Waals surface area contributed by atoms with Crippen LogP contribution in [0.25, 0.3) is 0 Å². The van der Waals surface area contributed by atoms with Crippen LogP contribution in [0, 0.1) is 5.92 Å². The zero-order valence-electron chi connectivity index (χ0n) is 7.89. The molecule has 1 amide bonds. The van der Waals surface area contributed by atoms with E-state index in [0.29, 0.717) is 18.8 Å². The van der Waals surface area contributed by atoms with Crippen molar-refractivity contribution >= 4 is 12.2 Å². The van der Waals surface area contributed by atoms with E-state index in [1.807, 2.05) is 20.1 Å². The second-order valence-corrected chi connectivity index (χ2v) is 3.22. The summed E-state index contributed by atoms with van der Waals surface area (Å²) in [6, 6.07) is -0.433. The van der Waals surface area contributed by atoms with Gasteiger partial charge in [0.05, 0.1) is 6.04 Å². The molecule has 0 aromatic heterocycles. The quantitative estimate of drug-likeness (QED) is 0.670. The number of carbonyl (C=O) groups is 1. The van der Waals surface area contributed by atoms with Crippen LogP contribution in [0.5, 0.6) is 0 Å². The van der Waals surface area contributed by atoms with Crippen LogP contribution in [0.15, 0.2) is 0 Å². The molecule has 3 heteroatoms. The smallest absolute Gasteiger partial charge is 0.222 e. The average molecular weight is 170 g/mol. The Hall–Kier alpha value is -0.860. The first-order valence-corrected chi connectivity index (χ1v) is 4.27. The predicted molar refractivity (Wildman–Crippen MR) is 47.4 cm³/mol. The summed E-state index contributed by atoms with van der Waals surface area (Å²) in [5.41, 5.74) is 0. The van der Waals surface area contributed by atoms with Crippen LogP contribution >= 0.6 is 0 Å². The standard InChI is InChI=1S/C9H16NO2/c1-4-9(12)10-8(6-11)5-7(2)3/h7-8H,4-5H2,1-3H3,(H,10,12)/t8-/m0/s1. The van der Waals surface area contributed by atoms with Gasteiger partial charge in [-0.1, -0.05) is 20.8 Å². The molecule has 0 rings (SSSR count). The fraction of sp³-hybridized carbons (Fsp3) is 0.778. The van der Waals surface area contributed by atoms with Gasteiger partial charge in [-0.05, 0) is 12.3 Å². The Morgan fingerprint density at radius 1 is 1.50 bits per heavy atom. The normalized spacial score (nSPS) is 12.7. The molecule has 1 atom stereocenters. The van der Waals surface area contributed by atoms with E-state index in [1.54, 1.807) is 6.92 Å². The topological polar surface area (TPSA) is 46.2 Å². The monoisotopic (exact) mass is 170 g/mol. The molecule has 0 heterocycles. The van der Waals surface area contributed by atoms with Gasteiger partial charge in [0.25, 0.3) is 0 Å². The molecule has 0 bridgehead atoms. The van der Waals surface area contributed by atoms with Crippen molar-refractivity contribution < 1.29 is 9.59 Å². The molecule has 1 N–H and O–H groups in total. The summed E-state index contributed by atoms with van der Waals surface area (Å²) in [5.74, 6) is 0.303. The number of rotatable bonds is 5. The van der Waals surface area contributed by atoms with Crippen LogP contribution in [0.4, 0.5) is 0 Å². The third-order valence-corrected chi connectivity index (χ3v) is 1.51. The second kappa shape index (κ2) is 5.75. The van der Waals surface area contributed by atoms with Gasteiger partial charge in [-0.25, -0.2) is 0 Å².